The lowest BCUT2D eigenvalue weighted by Gasteiger charge is -2.65. The maximum atomic E-state index is 11.8. The quantitative estimate of drug-likeness (QED) is 0.568. The Morgan fingerprint density at radius 1 is 1.22 bits per heavy atom. The molecule has 1 aromatic rings. The Labute approximate surface area is 188 Å². The van der Waals surface area contributed by atoms with Crippen LogP contribution in [0.1, 0.15) is 76.9 Å². The fraction of sp³-hybridized carbons (Fsp3) is 0.720. The molecule has 1 aromatic carbocycles. The Hall–Kier alpha value is -1.83. The monoisotopic (exact) mass is 446 g/mol. The van der Waals surface area contributed by atoms with E-state index in [9.17, 15) is 20.1 Å². The molecular weight excluding hydrogens is 412 g/mol. The van der Waals surface area contributed by atoms with E-state index in [1.165, 1.54) is 6.92 Å². The molecule has 2 heterocycles. The minimum absolute atomic E-state index is 0.0608. The van der Waals surface area contributed by atoms with Gasteiger partial charge in [0.2, 0.25) is 0 Å². The van der Waals surface area contributed by atoms with Crippen LogP contribution in [0.2, 0.25) is 0 Å². The molecule has 0 aromatic heterocycles. The van der Waals surface area contributed by atoms with Crippen LogP contribution < -0.4 is 4.74 Å². The second-order valence-corrected chi connectivity index (χ2v) is 11.2. The zero-order valence-electron chi connectivity index (χ0n) is 19.5. The minimum Gasteiger partial charge on any atom is -0.507 e. The smallest absolute Gasteiger partial charge is 0.303 e. The summed E-state index contributed by atoms with van der Waals surface area (Å²) in [6.45, 7) is 10.2. The average molecular weight is 447 g/mol. The number of aromatic hydroxyl groups is 1. The molecule has 1 spiro atoms. The topological polar surface area (TPSA) is 105 Å². The highest BCUT2D eigenvalue weighted by atomic mass is 16.6. The number of phenols is 1. The van der Waals surface area contributed by atoms with Gasteiger partial charge in [-0.1, -0.05) is 27.7 Å². The molecule has 32 heavy (non-hydrogen) atoms. The second-order valence-electron chi connectivity index (χ2n) is 11.2. The highest BCUT2D eigenvalue weighted by Crippen LogP contribution is 2.67. The number of hydrogen-bond acceptors (Lipinski definition) is 7. The maximum absolute atomic E-state index is 11.8. The Morgan fingerprint density at radius 3 is 2.62 bits per heavy atom. The number of aliphatic hydroxyl groups excluding tert-OH is 2. The molecule has 7 atom stereocenters. The average Bonchev–Trinajstić information content (AvgIpc) is 3.26. The van der Waals surface area contributed by atoms with E-state index in [-0.39, 0.29) is 30.2 Å². The standard InChI is InChI=1S/C25H34O7/c1-12-6-7-18-23(3,4)21(31-13(2)26)16(27)10-24(18,5)25(12)9-15-17(32-25)8-14-11-30-22(29)19(14)20(15)28/h8,12,16,18,21-22,27-29H,6-7,9-11H2,1-5H3/t12-,16-,18+,21-,22-,24+,25+/m1/s1. The molecule has 7 nitrogen and oxygen atoms in total. The van der Waals surface area contributed by atoms with Crippen LogP contribution in [0.15, 0.2) is 6.07 Å². The van der Waals surface area contributed by atoms with Gasteiger partial charge in [0, 0.05) is 29.7 Å². The summed E-state index contributed by atoms with van der Waals surface area (Å²) in [6, 6.07) is 1.89. The molecule has 4 aliphatic rings. The molecule has 2 saturated carbocycles. The van der Waals surface area contributed by atoms with E-state index in [0.717, 1.165) is 18.4 Å². The van der Waals surface area contributed by atoms with E-state index in [1.807, 2.05) is 6.07 Å². The van der Waals surface area contributed by atoms with E-state index in [0.29, 0.717) is 29.7 Å². The van der Waals surface area contributed by atoms with Crippen LogP contribution in [-0.2, 0) is 27.3 Å². The molecule has 5 rings (SSSR count). The van der Waals surface area contributed by atoms with Crippen LogP contribution in [0.5, 0.6) is 11.5 Å². The van der Waals surface area contributed by atoms with Gasteiger partial charge in [0.1, 0.15) is 23.2 Å². The summed E-state index contributed by atoms with van der Waals surface area (Å²) >= 11 is 0. The number of ether oxygens (including phenoxy) is 3. The summed E-state index contributed by atoms with van der Waals surface area (Å²) in [5.41, 5.74) is 0.419. The van der Waals surface area contributed by atoms with Crippen molar-refractivity contribution in [2.75, 3.05) is 0 Å². The Balaban J connectivity index is 1.59. The molecule has 7 heteroatoms. The maximum Gasteiger partial charge on any atom is 0.303 e. The van der Waals surface area contributed by atoms with Crippen molar-refractivity contribution >= 4 is 5.97 Å². The Morgan fingerprint density at radius 2 is 1.94 bits per heavy atom. The molecule has 0 bridgehead atoms. The highest BCUT2D eigenvalue weighted by molar-refractivity contribution is 5.66. The van der Waals surface area contributed by atoms with Crippen LogP contribution in [0, 0.1) is 22.7 Å². The fourth-order valence-electron chi connectivity index (χ4n) is 7.73. The molecule has 0 amide bonds. The Kier molecular flexibility index (Phi) is 4.70. The van der Waals surface area contributed by atoms with Gasteiger partial charge < -0.3 is 29.5 Å². The zero-order chi connectivity index (χ0) is 23.2. The second kappa shape index (κ2) is 6.84. The summed E-state index contributed by atoms with van der Waals surface area (Å²) in [4.78, 5) is 11.8. The third-order valence-electron chi connectivity index (χ3n) is 9.19. The minimum atomic E-state index is -1.13. The van der Waals surface area contributed by atoms with Crippen molar-refractivity contribution in [3.8, 4) is 11.5 Å². The first-order chi connectivity index (χ1) is 14.9. The van der Waals surface area contributed by atoms with E-state index >= 15 is 0 Å². The number of esters is 1. The number of benzene rings is 1. The third kappa shape index (κ3) is 2.68. The van der Waals surface area contributed by atoms with Crippen molar-refractivity contribution in [2.24, 2.45) is 22.7 Å². The molecule has 0 radical (unpaired) electrons. The summed E-state index contributed by atoms with van der Waals surface area (Å²) in [5.74, 6) is 0.665. The normalized spacial score (nSPS) is 41.5. The predicted octanol–water partition coefficient (Wildman–Crippen LogP) is 3.36. The lowest BCUT2D eigenvalue weighted by Crippen LogP contribution is -2.69. The fourth-order valence-corrected chi connectivity index (χ4v) is 7.73. The van der Waals surface area contributed by atoms with Gasteiger partial charge in [0.05, 0.1) is 18.3 Å². The predicted molar refractivity (Wildman–Crippen MR) is 115 cm³/mol. The first-order valence-electron chi connectivity index (χ1n) is 11.6. The molecular formula is C25H34O7. The molecule has 2 aliphatic heterocycles. The van der Waals surface area contributed by atoms with E-state index in [4.69, 9.17) is 14.2 Å². The summed E-state index contributed by atoms with van der Waals surface area (Å²) in [5, 5.41) is 32.4. The van der Waals surface area contributed by atoms with Crippen molar-refractivity contribution in [2.45, 2.75) is 91.0 Å². The molecule has 0 unspecified atom stereocenters. The van der Waals surface area contributed by atoms with Crippen molar-refractivity contribution in [3.05, 3.63) is 22.8 Å². The van der Waals surface area contributed by atoms with Crippen LogP contribution in [0.4, 0.5) is 0 Å². The molecule has 2 aliphatic carbocycles. The first-order valence-corrected chi connectivity index (χ1v) is 11.6. The number of aliphatic hydroxyl groups is 2. The number of hydrogen-bond donors (Lipinski definition) is 3. The zero-order valence-corrected chi connectivity index (χ0v) is 19.5. The van der Waals surface area contributed by atoms with Crippen LogP contribution in [0.25, 0.3) is 0 Å². The molecule has 0 saturated heterocycles. The third-order valence-corrected chi connectivity index (χ3v) is 9.19. The van der Waals surface area contributed by atoms with Crippen LogP contribution in [-0.4, -0.2) is 39.1 Å². The van der Waals surface area contributed by atoms with E-state index < -0.39 is 34.9 Å². The number of fused-ring (bicyclic) bond motifs is 4. The van der Waals surface area contributed by atoms with Gasteiger partial charge in [-0.3, -0.25) is 4.79 Å². The van der Waals surface area contributed by atoms with Gasteiger partial charge >= 0.3 is 5.97 Å². The highest BCUT2D eigenvalue weighted by Gasteiger charge is 2.69. The van der Waals surface area contributed by atoms with Gasteiger partial charge in [-0.2, -0.15) is 0 Å². The molecule has 176 valence electrons. The summed E-state index contributed by atoms with van der Waals surface area (Å²) < 4.78 is 17.7. The lowest BCUT2D eigenvalue weighted by molar-refractivity contribution is -0.246. The SMILES string of the molecule is CC(=O)O[C@@H]1[C@H](O)C[C@@]2(C)[C@@H](CC[C@@H](C)[C@@]23Cc2c(cc4c(c2O)[C@H](O)OC4)O3)C1(C)C. The number of carbonyl (C=O) groups excluding carboxylic acids is 1. The number of rotatable bonds is 1. The van der Waals surface area contributed by atoms with Gasteiger partial charge in [0.15, 0.2) is 6.29 Å². The van der Waals surface area contributed by atoms with Gasteiger partial charge in [-0.25, -0.2) is 0 Å². The molecule has 2 fully saturated rings. The largest absolute Gasteiger partial charge is 0.507 e. The Bertz CT molecular complexity index is 972. The summed E-state index contributed by atoms with van der Waals surface area (Å²) in [6.07, 6.45) is 0.333. The van der Waals surface area contributed by atoms with Crippen molar-refractivity contribution in [1.29, 1.82) is 0 Å². The van der Waals surface area contributed by atoms with Gasteiger partial charge in [-0.05, 0) is 42.7 Å². The van der Waals surface area contributed by atoms with E-state index in [2.05, 4.69) is 27.7 Å². The van der Waals surface area contributed by atoms with Crippen LogP contribution in [0.3, 0.4) is 0 Å². The molecule has 3 N–H and O–H groups in total. The van der Waals surface area contributed by atoms with E-state index in [1.54, 1.807) is 0 Å². The number of carbonyl (C=O) groups is 1. The number of phenolic OH excluding ortho intramolecular Hbond substituents is 1. The van der Waals surface area contributed by atoms with Crippen molar-refractivity contribution < 1.29 is 34.3 Å². The van der Waals surface area contributed by atoms with Gasteiger partial charge in [0.25, 0.3) is 0 Å². The summed E-state index contributed by atoms with van der Waals surface area (Å²) in [7, 11) is 0. The lowest BCUT2D eigenvalue weighted by atomic mass is 9.43. The first kappa shape index (κ1) is 22.0. The van der Waals surface area contributed by atoms with Crippen molar-refractivity contribution in [1.82, 2.24) is 0 Å². The van der Waals surface area contributed by atoms with Gasteiger partial charge in [-0.15, -0.1) is 0 Å². The van der Waals surface area contributed by atoms with Crippen molar-refractivity contribution in [3.63, 3.8) is 0 Å². The van der Waals surface area contributed by atoms with Crippen LogP contribution >= 0.6 is 0 Å².